The molecule has 1 aromatic carbocycles. The third kappa shape index (κ3) is 4.24. The van der Waals surface area contributed by atoms with E-state index < -0.39 is 0 Å². The molecule has 16 heavy (non-hydrogen) atoms. The quantitative estimate of drug-likeness (QED) is 0.842. The highest BCUT2D eigenvalue weighted by Gasteiger charge is 2.13. The van der Waals surface area contributed by atoms with Crippen molar-refractivity contribution in [3.05, 3.63) is 34.3 Å². The van der Waals surface area contributed by atoms with Gasteiger partial charge in [0, 0.05) is 17.1 Å². The SMILES string of the molecule is CCC(C)C(CO)NCc1cccc(Br)c1. The normalized spacial score (nSPS) is 14.8. The van der Waals surface area contributed by atoms with Crippen molar-refractivity contribution >= 4 is 15.9 Å². The maximum absolute atomic E-state index is 9.29. The molecule has 2 atom stereocenters. The molecule has 0 aliphatic rings. The molecule has 90 valence electrons. The van der Waals surface area contributed by atoms with Crippen LogP contribution in [-0.2, 0) is 6.54 Å². The molecule has 0 saturated carbocycles. The first-order valence-electron chi connectivity index (χ1n) is 5.76. The third-order valence-corrected chi connectivity index (χ3v) is 3.48. The second-order valence-corrected chi connectivity index (χ2v) is 5.10. The van der Waals surface area contributed by atoms with Gasteiger partial charge in [-0.15, -0.1) is 0 Å². The van der Waals surface area contributed by atoms with E-state index in [-0.39, 0.29) is 12.6 Å². The number of aliphatic hydroxyl groups excluding tert-OH is 1. The molecule has 0 heterocycles. The van der Waals surface area contributed by atoms with Gasteiger partial charge in [-0.2, -0.15) is 0 Å². The number of benzene rings is 1. The number of hydrogen-bond donors (Lipinski definition) is 2. The first-order valence-corrected chi connectivity index (χ1v) is 6.55. The molecule has 2 N–H and O–H groups in total. The van der Waals surface area contributed by atoms with Crippen LogP contribution >= 0.6 is 15.9 Å². The molecule has 0 fully saturated rings. The molecule has 2 unspecified atom stereocenters. The standard InChI is InChI=1S/C13H20BrNO/c1-3-10(2)13(9-16)15-8-11-5-4-6-12(14)7-11/h4-7,10,13,15-16H,3,8-9H2,1-2H3. The molecular formula is C13H20BrNO. The van der Waals surface area contributed by atoms with E-state index in [2.05, 4.69) is 47.2 Å². The smallest absolute Gasteiger partial charge is 0.0587 e. The highest BCUT2D eigenvalue weighted by molar-refractivity contribution is 9.10. The molecule has 0 spiro atoms. The van der Waals surface area contributed by atoms with E-state index in [0.717, 1.165) is 17.4 Å². The van der Waals surface area contributed by atoms with Gasteiger partial charge in [0.2, 0.25) is 0 Å². The zero-order valence-corrected chi connectivity index (χ0v) is 11.5. The van der Waals surface area contributed by atoms with E-state index in [1.807, 2.05) is 12.1 Å². The van der Waals surface area contributed by atoms with Crippen LogP contribution < -0.4 is 5.32 Å². The highest BCUT2D eigenvalue weighted by Crippen LogP contribution is 2.13. The van der Waals surface area contributed by atoms with Gasteiger partial charge >= 0.3 is 0 Å². The summed E-state index contributed by atoms with van der Waals surface area (Å²) in [5.74, 6) is 0.497. The van der Waals surface area contributed by atoms with Crippen molar-refractivity contribution in [1.29, 1.82) is 0 Å². The van der Waals surface area contributed by atoms with Crippen molar-refractivity contribution in [3.63, 3.8) is 0 Å². The van der Waals surface area contributed by atoms with Crippen LogP contribution in [0.3, 0.4) is 0 Å². The molecular weight excluding hydrogens is 266 g/mol. The van der Waals surface area contributed by atoms with Gasteiger partial charge in [-0.1, -0.05) is 48.3 Å². The lowest BCUT2D eigenvalue weighted by atomic mass is 10.00. The largest absolute Gasteiger partial charge is 0.395 e. The van der Waals surface area contributed by atoms with Crippen molar-refractivity contribution in [2.24, 2.45) is 5.92 Å². The zero-order valence-electron chi connectivity index (χ0n) is 9.91. The van der Waals surface area contributed by atoms with Gasteiger partial charge in [0.05, 0.1) is 6.61 Å². The van der Waals surface area contributed by atoms with Crippen LogP contribution in [0.1, 0.15) is 25.8 Å². The lowest BCUT2D eigenvalue weighted by Crippen LogP contribution is -2.37. The van der Waals surface area contributed by atoms with Crippen LogP contribution in [0.4, 0.5) is 0 Å². The summed E-state index contributed by atoms with van der Waals surface area (Å²) in [5.41, 5.74) is 1.23. The fraction of sp³-hybridized carbons (Fsp3) is 0.538. The maximum atomic E-state index is 9.29. The lowest BCUT2D eigenvalue weighted by Gasteiger charge is -2.22. The van der Waals surface area contributed by atoms with Crippen LogP contribution in [0.25, 0.3) is 0 Å². The average Bonchev–Trinajstić information content (AvgIpc) is 2.29. The van der Waals surface area contributed by atoms with Crippen LogP contribution in [0.15, 0.2) is 28.7 Å². The summed E-state index contributed by atoms with van der Waals surface area (Å²) in [7, 11) is 0. The second-order valence-electron chi connectivity index (χ2n) is 4.19. The van der Waals surface area contributed by atoms with Gasteiger partial charge in [0.15, 0.2) is 0 Å². The molecule has 0 amide bonds. The Balaban J connectivity index is 2.49. The van der Waals surface area contributed by atoms with Crippen molar-refractivity contribution in [2.75, 3.05) is 6.61 Å². The van der Waals surface area contributed by atoms with Crippen LogP contribution in [0.5, 0.6) is 0 Å². The summed E-state index contributed by atoms with van der Waals surface area (Å²) >= 11 is 3.45. The van der Waals surface area contributed by atoms with Gasteiger partial charge in [-0.25, -0.2) is 0 Å². The topological polar surface area (TPSA) is 32.3 Å². The number of aliphatic hydroxyl groups is 1. The van der Waals surface area contributed by atoms with E-state index >= 15 is 0 Å². The number of halogens is 1. The van der Waals surface area contributed by atoms with E-state index in [1.54, 1.807) is 0 Å². The molecule has 0 aromatic heterocycles. The first kappa shape index (κ1) is 13.7. The summed E-state index contributed by atoms with van der Waals surface area (Å²) in [4.78, 5) is 0. The van der Waals surface area contributed by atoms with Gasteiger partial charge in [-0.3, -0.25) is 0 Å². The monoisotopic (exact) mass is 285 g/mol. The summed E-state index contributed by atoms with van der Waals surface area (Å²) in [6, 6.07) is 8.41. The zero-order chi connectivity index (χ0) is 12.0. The summed E-state index contributed by atoms with van der Waals surface area (Å²) in [6.45, 7) is 5.31. The Morgan fingerprint density at radius 1 is 1.44 bits per heavy atom. The fourth-order valence-corrected chi connectivity index (χ4v) is 2.07. The Kier molecular flexibility index (Phi) is 6.03. The minimum atomic E-state index is 0.184. The Morgan fingerprint density at radius 3 is 2.75 bits per heavy atom. The van der Waals surface area contributed by atoms with Crippen LogP contribution in [0, 0.1) is 5.92 Å². The van der Waals surface area contributed by atoms with Gasteiger partial charge < -0.3 is 10.4 Å². The molecule has 1 rings (SSSR count). The van der Waals surface area contributed by atoms with Crippen molar-refractivity contribution in [3.8, 4) is 0 Å². The van der Waals surface area contributed by atoms with Gasteiger partial charge in [-0.05, 0) is 23.6 Å². The second kappa shape index (κ2) is 7.05. The molecule has 0 saturated heterocycles. The molecule has 0 bridgehead atoms. The number of hydrogen-bond acceptors (Lipinski definition) is 2. The summed E-state index contributed by atoms with van der Waals surface area (Å²) in [5, 5.41) is 12.7. The van der Waals surface area contributed by atoms with E-state index in [1.165, 1.54) is 5.56 Å². The molecule has 3 heteroatoms. The lowest BCUT2D eigenvalue weighted by molar-refractivity contribution is 0.201. The minimum absolute atomic E-state index is 0.184. The molecule has 0 radical (unpaired) electrons. The summed E-state index contributed by atoms with van der Waals surface area (Å²) < 4.78 is 1.09. The van der Waals surface area contributed by atoms with E-state index in [4.69, 9.17) is 0 Å². The first-order chi connectivity index (χ1) is 7.67. The Labute approximate surface area is 106 Å². The average molecular weight is 286 g/mol. The third-order valence-electron chi connectivity index (χ3n) is 2.98. The van der Waals surface area contributed by atoms with Gasteiger partial charge in [0.25, 0.3) is 0 Å². The number of rotatable bonds is 6. The predicted molar refractivity (Wildman–Crippen MR) is 71.3 cm³/mol. The fourth-order valence-electron chi connectivity index (χ4n) is 1.63. The predicted octanol–water partition coefficient (Wildman–Crippen LogP) is 2.95. The Hall–Kier alpha value is -0.380. The van der Waals surface area contributed by atoms with E-state index in [0.29, 0.717) is 5.92 Å². The van der Waals surface area contributed by atoms with Gasteiger partial charge in [0.1, 0.15) is 0 Å². The summed E-state index contributed by atoms with van der Waals surface area (Å²) in [6.07, 6.45) is 1.08. The molecule has 0 aliphatic carbocycles. The molecule has 1 aromatic rings. The van der Waals surface area contributed by atoms with Crippen molar-refractivity contribution in [1.82, 2.24) is 5.32 Å². The Morgan fingerprint density at radius 2 is 2.19 bits per heavy atom. The van der Waals surface area contributed by atoms with Crippen molar-refractivity contribution in [2.45, 2.75) is 32.9 Å². The van der Waals surface area contributed by atoms with Crippen LogP contribution in [-0.4, -0.2) is 17.8 Å². The van der Waals surface area contributed by atoms with Crippen molar-refractivity contribution < 1.29 is 5.11 Å². The Bertz CT molecular complexity index is 317. The molecule has 0 aliphatic heterocycles. The van der Waals surface area contributed by atoms with E-state index in [9.17, 15) is 5.11 Å². The minimum Gasteiger partial charge on any atom is -0.395 e. The number of nitrogens with one attached hydrogen (secondary N) is 1. The maximum Gasteiger partial charge on any atom is 0.0587 e. The van der Waals surface area contributed by atoms with Crippen LogP contribution in [0.2, 0.25) is 0 Å². The highest BCUT2D eigenvalue weighted by atomic mass is 79.9. The molecule has 2 nitrogen and oxygen atoms in total.